The third-order valence-electron chi connectivity index (χ3n) is 4.29. The Kier molecular flexibility index (Phi) is 5.21. The van der Waals surface area contributed by atoms with Gasteiger partial charge in [0.05, 0.1) is 22.7 Å². The Labute approximate surface area is 151 Å². The van der Waals surface area contributed by atoms with Crippen LogP contribution in [0.4, 0.5) is 5.13 Å². The zero-order valence-electron chi connectivity index (χ0n) is 14.2. The first kappa shape index (κ1) is 18.0. The molecule has 3 rings (SSSR count). The molecule has 1 N–H and O–H groups in total. The van der Waals surface area contributed by atoms with Crippen LogP contribution in [0, 0.1) is 12.8 Å². The van der Waals surface area contributed by atoms with Gasteiger partial charge in [0.15, 0.2) is 5.13 Å². The number of anilines is 1. The standard InChI is InChI=1S/C17H21N3O3S2/c1-12-15(13-7-4-3-5-8-13)24-17(18-12)19-16(21)14-9-6-10-20(11-14)25(2,22)23/h3-5,7-8,14H,6,9-11H2,1-2H3,(H,18,19,21)/t14-/m0/s1. The van der Waals surface area contributed by atoms with E-state index in [1.54, 1.807) is 0 Å². The quantitative estimate of drug-likeness (QED) is 0.886. The van der Waals surface area contributed by atoms with E-state index in [9.17, 15) is 13.2 Å². The highest BCUT2D eigenvalue weighted by Crippen LogP contribution is 2.33. The number of benzene rings is 1. The summed E-state index contributed by atoms with van der Waals surface area (Å²) in [6, 6.07) is 9.91. The van der Waals surface area contributed by atoms with E-state index >= 15 is 0 Å². The number of carbonyl (C=O) groups excluding carboxylic acids is 1. The summed E-state index contributed by atoms with van der Waals surface area (Å²) in [5.41, 5.74) is 1.94. The van der Waals surface area contributed by atoms with Gasteiger partial charge >= 0.3 is 0 Å². The van der Waals surface area contributed by atoms with Crippen LogP contribution in [-0.4, -0.2) is 43.0 Å². The molecule has 0 saturated carbocycles. The number of sulfonamides is 1. The molecule has 8 heteroatoms. The number of piperidine rings is 1. The summed E-state index contributed by atoms with van der Waals surface area (Å²) >= 11 is 1.44. The molecule has 1 aromatic heterocycles. The smallest absolute Gasteiger partial charge is 0.230 e. The van der Waals surface area contributed by atoms with Gasteiger partial charge in [-0.05, 0) is 25.3 Å². The Bertz CT molecular complexity index is 863. The van der Waals surface area contributed by atoms with Crippen LogP contribution in [0.15, 0.2) is 30.3 Å². The molecule has 25 heavy (non-hydrogen) atoms. The Balaban J connectivity index is 1.71. The topological polar surface area (TPSA) is 79.4 Å². The van der Waals surface area contributed by atoms with E-state index in [0.29, 0.717) is 24.5 Å². The number of hydrogen-bond donors (Lipinski definition) is 1. The number of carbonyl (C=O) groups is 1. The maximum Gasteiger partial charge on any atom is 0.230 e. The van der Waals surface area contributed by atoms with E-state index < -0.39 is 10.0 Å². The second kappa shape index (κ2) is 7.23. The second-order valence-electron chi connectivity index (χ2n) is 6.25. The number of nitrogens with zero attached hydrogens (tertiary/aromatic N) is 2. The Hall–Kier alpha value is -1.77. The van der Waals surface area contributed by atoms with E-state index in [-0.39, 0.29) is 18.4 Å². The fraction of sp³-hybridized carbons (Fsp3) is 0.412. The Morgan fingerprint density at radius 2 is 2.04 bits per heavy atom. The first-order chi connectivity index (χ1) is 11.8. The van der Waals surface area contributed by atoms with E-state index in [1.165, 1.54) is 21.9 Å². The van der Waals surface area contributed by atoms with Gasteiger partial charge in [0.25, 0.3) is 0 Å². The summed E-state index contributed by atoms with van der Waals surface area (Å²) in [4.78, 5) is 18.0. The summed E-state index contributed by atoms with van der Waals surface area (Å²) in [5, 5.41) is 3.42. The average Bonchev–Trinajstić information content (AvgIpc) is 2.95. The van der Waals surface area contributed by atoms with Crippen molar-refractivity contribution in [2.24, 2.45) is 5.92 Å². The van der Waals surface area contributed by atoms with E-state index in [4.69, 9.17) is 0 Å². The van der Waals surface area contributed by atoms with Crippen molar-refractivity contribution in [2.45, 2.75) is 19.8 Å². The third kappa shape index (κ3) is 4.26. The predicted octanol–water partition coefficient (Wildman–Crippen LogP) is 2.73. The summed E-state index contributed by atoms with van der Waals surface area (Å²) < 4.78 is 24.8. The van der Waals surface area contributed by atoms with Crippen molar-refractivity contribution in [3.8, 4) is 10.4 Å². The molecule has 0 bridgehead atoms. The van der Waals surface area contributed by atoms with Crippen molar-refractivity contribution in [1.82, 2.24) is 9.29 Å². The summed E-state index contributed by atoms with van der Waals surface area (Å²) in [6.07, 6.45) is 2.56. The molecule has 1 aliphatic heterocycles. The van der Waals surface area contributed by atoms with Gasteiger partial charge < -0.3 is 5.32 Å². The Morgan fingerprint density at radius 3 is 2.72 bits per heavy atom. The summed E-state index contributed by atoms with van der Waals surface area (Å²) in [5.74, 6) is -0.505. The molecular weight excluding hydrogens is 358 g/mol. The molecule has 0 aliphatic carbocycles. The monoisotopic (exact) mass is 379 g/mol. The van der Waals surface area contributed by atoms with Crippen molar-refractivity contribution >= 4 is 32.4 Å². The SMILES string of the molecule is Cc1nc(NC(=O)[C@H]2CCCN(S(C)(=O)=O)C2)sc1-c1ccccc1. The molecule has 0 radical (unpaired) electrons. The average molecular weight is 380 g/mol. The number of nitrogens with one attached hydrogen (secondary N) is 1. The predicted molar refractivity (Wildman–Crippen MR) is 100 cm³/mol. The molecule has 1 amide bonds. The lowest BCUT2D eigenvalue weighted by atomic mass is 9.99. The van der Waals surface area contributed by atoms with E-state index in [2.05, 4.69) is 10.3 Å². The van der Waals surface area contributed by atoms with Crippen LogP contribution in [0.25, 0.3) is 10.4 Å². The molecular formula is C17H21N3O3S2. The van der Waals surface area contributed by atoms with Crippen molar-refractivity contribution in [2.75, 3.05) is 24.7 Å². The maximum absolute atomic E-state index is 12.5. The minimum atomic E-state index is -3.26. The summed E-state index contributed by atoms with van der Waals surface area (Å²) in [7, 11) is -3.26. The molecule has 1 atom stereocenters. The maximum atomic E-state index is 12.5. The highest BCUT2D eigenvalue weighted by molar-refractivity contribution is 7.88. The number of aromatic nitrogens is 1. The van der Waals surface area contributed by atoms with Gasteiger partial charge in [-0.2, -0.15) is 0 Å². The lowest BCUT2D eigenvalue weighted by molar-refractivity contribution is -0.120. The second-order valence-corrected chi connectivity index (χ2v) is 9.23. The molecule has 134 valence electrons. The lowest BCUT2D eigenvalue weighted by Crippen LogP contribution is -2.43. The molecule has 6 nitrogen and oxygen atoms in total. The minimum Gasteiger partial charge on any atom is -0.302 e. The molecule has 2 aromatic rings. The number of thiazole rings is 1. The van der Waals surface area contributed by atoms with Gasteiger partial charge in [0, 0.05) is 13.1 Å². The Morgan fingerprint density at radius 1 is 1.32 bits per heavy atom. The van der Waals surface area contributed by atoms with Gasteiger partial charge in [0.1, 0.15) is 0 Å². The highest BCUT2D eigenvalue weighted by atomic mass is 32.2. The van der Waals surface area contributed by atoms with Crippen LogP contribution in [0.3, 0.4) is 0 Å². The summed E-state index contributed by atoms with van der Waals surface area (Å²) in [6.45, 7) is 2.64. The van der Waals surface area contributed by atoms with Gasteiger partial charge in [0.2, 0.25) is 15.9 Å². The molecule has 1 fully saturated rings. The first-order valence-electron chi connectivity index (χ1n) is 8.13. The van der Waals surface area contributed by atoms with Crippen LogP contribution in [0.1, 0.15) is 18.5 Å². The van der Waals surface area contributed by atoms with Gasteiger partial charge in [-0.15, -0.1) is 0 Å². The minimum absolute atomic E-state index is 0.165. The van der Waals surface area contributed by atoms with E-state index in [0.717, 1.165) is 16.1 Å². The third-order valence-corrected chi connectivity index (χ3v) is 6.68. The highest BCUT2D eigenvalue weighted by Gasteiger charge is 2.30. The first-order valence-corrected chi connectivity index (χ1v) is 10.8. The van der Waals surface area contributed by atoms with Crippen LogP contribution >= 0.6 is 11.3 Å². The van der Waals surface area contributed by atoms with Crippen molar-refractivity contribution in [1.29, 1.82) is 0 Å². The van der Waals surface area contributed by atoms with Crippen LogP contribution in [0.2, 0.25) is 0 Å². The molecule has 1 aliphatic rings. The molecule has 0 spiro atoms. The van der Waals surface area contributed by atoms with Gasteiger partial charge in [-0.1, -0.05) is 41.7 Å². The molecule has 0 unspecified atom stereocenters. The van der Waals surface area contributed by atoms with E-state index in [1.807, 2.05) is 37.3 Å². The fourth-order valence-electron chi connectivity index (χ4n) is 2.97. The van der Waals surface area contributed by atoms with Gasteiger partial charge in [-0.25, -0.2) is 17.7 Å². The van der Waals surface area contributed by atoms with Crippen molar-refractivity contribution in [3.05, 3.63) is 36.0 Å². The van der Waals surface area contributed by atoms with Crippen LogP contribution in [0.5, 0.6) is 0 Å². The number of hydrogen-bond acceptors (Lipinski definition) is 5. The van der Waals surface area contributed by atoms with Crippen molar-refractivity contribution in [3.63, 3.8) is 0 Å². The van der Waals surface area contributed by atoms with Crippen LogP contribution < -0.4 is 5.32 Å². The number of amides is 1. The van der Waals surface area contributed by atoms with Crippen LogP contribution in [-0.2, 0) is 14.8 Å². The number of rotatable bonds is 4. The fourth-order valence-corrected chi connectivity index (χ4v) is 4.86. The molecule has 1 saturated heterocycles. The van der Waals surface area contributed by atoms with Gasteiger partial charge in [-0.3, -0.25) is 4.79 Å². The largest absolute Gasteiger partial charge is 0.302 e. The number of aryl methyl sites for hydroxylation is 1. The zero-order valence-corrected chi connectivity index (χ0v) is 15.9. The molecule has 2 heterocycles. The lowest BCUT2D eigenvalue weighted by Gasteiger charge is -2.29. The molecule has 1 aromatic carbocycles. The van der Waals surface area contributed by atoms with Crippen molar-refractivity contribution < 1.29 is 13.2 Å². The normalized spacial score (nSPS) is 18.9. The zero-order chi connectivity index (χ0) is 18.0.